The van der Waals surface area contributed by atoms with Crippen LogP contribution in [0.2, 0.25) is 0 Å². The molecule has 0 aromatic heterocycles. The monoisotopic (exact) mass is 474 g/mol. The van der Waals surface area contributed by atoms with E-state index in [1.165, 1.54) is 75.5 Å². The first-order chi connectivity index (χ1) is 16.8. The molecular weight excluding hydrogens is 424 g/mol. The van der Waals surface area contributed by atoms with E-state index in [0.29, 0.717) is 23.5 Å². The molecule has 3 unspecified atom stereocenters. The summed E-state index contributed by atoms with van der Waals surface area (Å²) in [5, 5.41) is 3.60. The van der Waals surface area contributed by atoms with Crippen molar-refractivity contribution in [1.29, 1.82) is 0 Å². The van der Waals surface area contributed by atoms with Gasteiger partial charge in [0, 0.05) is 17.9 Å². The van der Waals surface area contributed by atoms with Crippen LogP contribution in [-0.4, -0.2) is 6.54 Å². The molecule has 1 saturated carbocycles. The van der Waals surface area contributed by atoms with Gasteiger partial charge in [0.2, 0.25) is 0 Å². The van der Waals surface area contributed by atoms with Gasteiger partial charge in [0.25, 0.3) is 0 Å². The Labute approximate surface area is 215 Å². The second-order valence-electron chi connectivity index (χ2n) is 11.3. The Hall–Kier alpha value is -2.22. The maximum absolute atomic E-state index is 5.69. The standard InChI is InChI=1S/C33H50N2/c1-7-28(19-20-35-27(6)29-15-16-29)30-17-18-32(24(3)21-30)25(4)22-31-13-8-9-14-33(31)23(2)11-10-12-26(5)34/h10-12,17,21,25,28-29,32,35H,5-9,13-16,18-20,22,34H2,1-4H3/b12-10-,23-11+. The summed E-state index contributed by atoms with van der Waals surface area (Å²) in [7, 11) is 0. The van der Waals surface area contributed by atoms with Gasteiger partial charge in [-0.25, -0.2) is 0 Å². The van der Waals surface area contributed by atoms with Gasteiger partial charge >= 0.3 is 0 Å². The van der Waals surface area contributed by atoms with Crippen LogP contribution < -0.4 is 11.1 Å². The van der Waals surface area contributed by atoms with E-state index < -0.39 is 0 Å². The van der Waals surface area contributed by atoms with Crippen LogP contribution in [0.5, 0.6) is 0 Å². The molecule has 2 nitrogen and oxygen atoms in total. The van der Waals surface area contributed by atoms with Crippen molar-refractivity contribution in [1.82, 2.24) is 5.32 Å². The Morgan fingerprint density at radius 3 is 2.63 bits per heavy atom. The number of hydrogen-bond donors (Lipinski definition) is 2. The predicted octanol–water partition coefficient (Wildman–Crippen LogP) is 8.68. The number of hydrogen-bond acceptors (Lipinski definition) is 2. The van der Waals surface area contributed by atoms with Crippen molar-refractivity contribution in [3.05, 3.63) is 82.8 Å². The molecule has 1 fully saturated rings. The average molecular weight is 475 g/mol. The van der Waals surface area contributed by atoms with E-state index in [2.05, 4.69) is 64.4 Å². The van der Waals surface area contributed by atoms with E-state index in [1.54, 1.807) is 22.3 Å². The minimum Gasteiger partial charge on any atom is -0.399 e. The van der Waals surface area contributed by atoms with Crippen LogP contribution in [0.4, 0.5) is 0 Å². The Kier molecular flexibility index (Phi) is 10.3. The molecule has 3 atom stereocenters. The summed E-state index contributed by atoms with van der Waals surface area (Å²) >= 11 is 0. The van der Waals surface area contributed by atoms with Crippen LogP contribution in [0.25, 0.3) is 0 Å². The molecule has 0 aromatic rings. The van der Waals surface area contributed by atoms with Gasteiger partial charge in [-0.05, 0) is 125 Å². The van der Waals surface area contributed by atoms with Crippen molar-refractivity contribution in [3.63, 3.8) is 0 Å². The normalized spacial score (nSPS) is 23.1. The SMILES string of the molecule is C=C(N)/C=C\C=C(/C)C1=C(CC(C)C2CC=C(C(CC)CCNC(=C)C3CC3)C=C2C)CCCC1. The molecular formula is C33H50N2. The van der Waals surface area contributed by atoms with Crippen LogP contribution >= 0.6 is 0 Å². The largest absolute Gasteiger partial charge is 0.399 e. The third-order valence-electron chi connectivity index (χ3n) is 8.44. The molecule has 0 radical (unpaired) electrons. The summed E-state index contributed by atoms with van der Waals surface area (Å²) in [5.41, 5.74) is 15.4. The highest BCUT2D eigenvalue weighted by molar-refractivity contribution is 5.39. The summed E-state index contributed by atoms with van der Waals surface area (Å²) in [4.78, 5) is 0. The Morgan fingerprint density at radius 2 is 1.97 bits per heavy atom. The predicted molar refractivity (Wildman–Crippen MR) is 154 cm³/mol. The van der Waals surface area contributed by atoms with Gasteiger partial charge < -0.3 is 11.1 Å². The summed E-state index contributed by atoms with van der Waals surface area (Å²) in [6.45, 7) is 18.5. The first-order valence-electron chi connectivity index (χ1n) is 14.1. The van der Waals surface area contributed by atoms with Gasteiger partial charge in [-0.1, -0.05) is 62.5 Å². The highest BCUT2D eigenvalue weighted by Crippen LogP contribution is 2.40. The van der Waals surface area contributed by atoms with Crippen LogP contribution in [0.3, 0.4) is 0 Å². The molecule has 35 heavy (non-hydrogen) atoms. The molecule has 3 N–H and O–H groups in total. The molecule has 3 rings (SSSR count). The van der Waals surface area contributed by atoms with Crippen molar-refractivity contribution in [2.75, 3.05) is 6.54 Å². The Balaban J connectivity index is 1.60. The lowest BCUT2D eigenvalue weighted by atomic mass is 9.74. The van der Waals surface area contributed by atoms with Crippen molar-refractivity contribution in [3.8, 4) is 0 Å². The second kappa shape index (κ2) is 13.2. The molecule has 192 valence electrons. The van der Waals surface area contributed by atoms with E-state index in [4.69, 9.17) is 5.73 Å². The minimum atomic E-state index is 0.609. The van der Waals surface area contributed by atoms with Crippen LogP contribution in [0.15, 0.2) is 82.8 Å². The lowest BCUT2D eigenvalue weighted by Crippen LogP contribution is -2.21. The molecule has 3 aliphatic rings. The first-order valence-corrected chi connectivity index (χ1v) is 14.1. The molecule has 0 bridgehead atoms. The van der Waals surface area contributed by atoms with E-state index in [0.717, 1.165) is 12.5 Å². The zero-order valence-corrected chi connectivity index (χ0v) is 23.0. The Bertz CT molecular complexity index is 919. The van der Waals surface area contributed by atoms with Gasteiger partial charge in [0.15, 0.2) is 0 Å². The lowest BCUT2D eigenvalue weighted by Gasteiger charge is -2.32. The number of nitrogens with one attached hydrogen (secondary N) is 1. The van der Waals surface area contributed by atoms with Gasteiger partial charge in [-0.3, -0.25) is 0 Å². The van der Waals surface area contributed by atoms with Crippen molar-refractivity contribution >= 4 is 0 Å². The van der Waals surface area contributed by atoms with E-state index in [1.807, 2.05) is 12.2 Å². The summed E-state index contributed by atoms with van der Waals surface area (Å²) < 4.78 is 0. The fourth-order valence-corrected chi connectivity index (χ4v) is 6.05. The minimum absolute atomic E-state index is 0.609. The third kappa shape index (κ3) is 8.16. The summed E-state index contributed by atoms with van der Waals surface area (Å²) in [6, 6.07) is 0. The van der Waals surface area contributed by atoms with Crippen molar-refractivity contribution in [2.45, 2.75) is 91.9 Å². The topological polar surface area (TPSA) is 38.0 Å². The summed E-state index contributed by atoms with van der Waals surface area (Å²) in [5.74, 6) is 2.72. The van der Waals surface area contributed by atoms with E-state index >= 15 is 0 Å². The van der Waals surface area contributed by atoms with Gasteiger partial charge in [-0.15, -0.1) is 0 Å². The van der Waals surface area contributed by atoms with Crippen LogP contribution in [0, 0.1) is 23.7 Å². The molecule has 3 aliphatic carbocycles. The molecule has 0 heterocycles. The van der Waals surface area contributed by atoms with Gasteiger partial charge in [0.1, 0.15) is 0 Å². The average Bonchev–Trinajstić information content (AvgIpc) is 3.67. The smallest absolute Gasteiger partial charge is 0.0240 e. The quantitative estimate of drug-likeness (QED) is 0.262. The van der Waals surface area contributed by atoms with Gasteiger partial charge in [-0.2, -0.15) is 0 Å². The number of nitrogens with two attached hydrogens (primary N) is 1. The molecule has 2 heteroatoms. The second-order valence-corrected chi connectivity index (χ2v) is 11.3. The highest BCUT2D eigenvalue weighted by Gasteiger charge is 2.27. The molecule has 0 aromatic carbocycles. The fourth-order valence-electron chi connectivity index (χ4n) is 6.05. The number of allylic oxidation sites excluding steroid dienone is 11. The molecule has 0 spiro atoms. The number of rotatable bonds is 13. The van der Waals surface area contributed by atoms with Crippen LogP contribution in [-0.2, 0) is 0 Å². The first kappa shape index (κ1) is 27.4. The van der Waals surface area contributed by atoms with Crippen molar-refractivity contribution in [2.24, 2.45) is 29.4 Å². The van der Waals surface area contributed by atoms with E-state index in [-0.39, 0.29) is 0 Å². The third-order valence-corrected chi connectivity index (χ3v) is 8.44. The molecule has 0 amide bonds. The molecule has 0 saturated heterocycles. The highest BCUT2D eigenvalue weighted by atomic mass is 14.9. The maximum Gasteiger partial charge on any atom is 0.0240 e. The van der Waals surface area contributed by atoms with Gasteiger partial charge in [0.05, 0.1) is 0 Å². The molecule has 0 aliphatic heterocycles. The Morgan fingerprint density at radius 1 is 1.23 bits per heavy atom. The maximum atomic E-state index is 5.69. The van der Waals surface area contributed by atoms with Crippen molar-refractivity contribution < 1.29 is 0 Å². The zero-order valence-electron chi connectivity index (χ0n) is 23.0. The fraction of sp³-hybridized carbons (Fsp3) is 0.576. The lowest BCUT2D eigenvalue weighted by molar-refractivity contribution is 0.392. The summed E-state index contributed by atoms with van der Waals surface area (Å²) in [6.07, 6.45) is 23.8. The zero-order chi connectivity index (χ0) is 25.4. The van der Waals surface area contributed by atoms with Crippen LogP contribution in [0.1, 0.15) is 91.9 Å². The van der Waals surface area contributed by atoms with E-state index in [9.17, 15) is 0 Å².